The maximum atomic E-state index is 9.52. The van der Waals surface area contributed by atoms with Crippen LogP contribution in [0.2, 0.25) is 0 Å². The number of hydrogen-bond acceptors (Lipinski definition) is 2. The van der Waals surface area contributed by atoms with Crippen molar-refractivity contribution >= 4 is 54.6 Å². The van der Waals surface area contributed by atoms with Crippen molar-refractivity contribution in [1.82, 2.24) is 18.7 Å². The molecular weight excluding hydrogens is 999 g/mol. The van der Waals surface area contributed by atoms with Crippen LogP contribution in [0.4, 0.5) is 0 Å². The Bertz CT molecular complexity index is 5310. The average Bonchev–Trinajstić information content (AvgIpc) is 2.10. The van der Waals surface area contributed by atoms with Crippen LogP contribution in [0.3, 0.4) is 0 Å². The van der Waals surface area contributed by atoms with Gasteiger partial charge in [-0.3, -0.25) is 13.7 Å². The molecule has 0 fully saturated rings. The molecule has 0 N–H and O–H groups in total. The molecule has 0 radical (unpaired) electrons. The fourth-order valence-corrected chi connectivity index (χ4v) is 12.6. The molecule has 16 rings (SSSR count). The lowest BCUT2D eigenvalue weighted by molar-refractivity contribution is -0.570. The third-order valence-corrected chi connectivity index (χ3v) is 16.4. The van der Waals surface area contributed by atoms with Gasteiger partial charge in [0.1, 0.15) is 17.3 Å². The van der Waals surface area contributed by atoms with Crippen LogP contribution in [0, 0.1) is 6.33 Å². The van der Waals surface area contributed by atoms with Crippen molar-refractivity contribution in [2.45, 2.75) is 26.2 Å². The van der Waals surface area contributed by atoms with E-state index < -0.39 is 18.1 Å². The van der Waals surface area contributed by atoms with E-state index in [9.17, 15) is 2.74 Å². The Kier molecular flexibility index (Phi) is 9.57. The van der Waals surface area contributed by atoms with Gasteiger partial charge >= 0.3 is 0 Å². The van der Waals surface area contributed by atoms with Gasteiger partial charge in [-0.05, 0) is 134 Å². The molecule has 82 heavy (non-hydrogen) atoms. The van der Waals surface area contributed by atoms with E-state index in [0.717, 1.165) is 106 Å². The third kappa shape index (κ3) is 7.49. The summed E-state index contributed by atoms with van der Waals surface area (Å²) in [7, 11) is 0. The van der Waals surface area contributed by atoms with Gasteiger partial charge in [-0.2, -0.15) is 0 Å². The van der Waals surface area contributed by atoms with Crippen LogP contribution in [0.15, 0.2) is 267 Å². The van der Waals surface area contributed by atoms with E-state index >= 15 is 0 Å². The highest BCUT2D eigenvalue weighted by Gasteiger charge is 2.28. The van der Waals surface area contributed by atoms with Crippen LogP contribution < -0.4 is 9.30 Å². The zero-order valence-corrected chi connectivity index (χ0v) is 45.2. The molecule has 0 saturated carbocycles. The van der Waals surface area contributed by atoms with Crippen molar-refractivity contribution in [3.05, 3.63) is 279 Å². The highest BCUT2D eigenvalue weighted by molar-refractivity contribution is 6.11. The molecule has 0 spiro atoms. The van der Waals surface area contributed by atoms with Crippen LogP contribution in [-0.2, 0) is 5.41 Å². The molecule has 0 saturated heterocycles. The predicted molar refractivity (Wildman–Crippen MR) is 336 cm³/mol. The minimum Gasteiger partial charge on any atom is -0.458 e. The maximum absolute atomic E-state index is 9.52. The molecule has 11 aromatic carbocycles. The summed E-state index contributed by atoms with van der Waals surface area (Å²) >= 11 is 0. The molecule has 5 heterocycles. The molecule has 0 amide bonds. The van der Waals surface area contributed by atoms with E-state index in [-0.39, 0.29) is 23.1 Å². The molecule has 1 aliphatic heterocycles. The van der Waals surface area contributed by atoms with Crippen molar-refractivity contribution in [3.63, 3.8) is 0 Å². The first kappa shape index (κ1) is 42.4. The molecule has 4 aromatic heterocycles. The lowest BCUT2D eigenvalue weighted by Gasteiger charge is -2.20. The average molecular weight is 1060 g/mol. The minimum atomic E-state index is -0.456. The number of imidazole rings is 1. The molecule has 0 unspecified atom stereocenters. The Balaban J connectivity index is 0.912. The molecule has 0 atom stereocenters. The van der Waals surface area contributed by atoms with E-state index in [0.29, 0.717) is 22.7 Å². The highest BCUT2D eigenvalue weighted by atomic mass is 16.5. The fraction of sp³-hybridized carbons (Fsp3) is 0.0526. The largest absolute Gasteiger partial charge is 0.458 e. The zero-order chi connectivity index (χ0) is 59.0. The maximum Gasteiger partial charge on any atom is 0.269 e. The first-order valence-electron chi connectivity index (χ1n) is 30.2. The van der Waals surface area contributed by atoms with Crippen LogP contribution in [-0.4, -0.2) is 18.7 Å². The number of hydrogen-bond donors (Lipinski definition) is 0. The summed E-state index contributed by atoms with van der Waals surface area (Å²) < 4.78 is 61.3. The SMILES string of the molecule is [2H]c1c([2H])c([2H])c(-c2cccc3c2-[n+]2[c-]n(-c4cccc(Oc5ccc6c7ccccc7n(-c7cc(C(C)(C)C)ccn7)c6c5)c4)c4cccc(c42)-c2ccccc2-c2ccc(-c4ccccc4-n4c5ccccc5c5ccccc54)cc2-3)c([2H])c1[2H]. The molecular formula is C76H53N5O. The van der Waals surface area contributed by atoms with Crippen LogP contribution in [0.1, 0.15) is 33.2 Å². The summed E-state index contributed by atoms with van der Waals surface area (Å²) in [6, 6.07) is 77.9. The van der Waals surface area contributed by atoms with Gasteiger partial charge in [-0.25, -0.2) is 4.98 Å². The summed E-state index contributed by atoms with van der Waals surface area (Å²) in [6.07, 6.45) is 5.73. The number of benzene rings is 11. The molecule has 0 aliphatic carbocycles. The second-order valence-corrected chi connectivity index (χ2v) is 22.1. The van der Waals surface area contributed by atoms with Crippen molar-refractivity contribution in [2.75, 3.05) is 0 Å². The molecule has 15 aromatic rings. The molecule has 6 heteroatoms. The van der Waals surface area contributed by atoms with Gasteiger partial charge in [0.05, 0.1) is 57.0 Å². The van der Waals surface area contributed by atoms with E-state index in [1.54, 1.807) is 0 Å². The van der Waals surface area contributed by atoms with Gasteiger partial charge in [0.25, 0.3) is 6.33 Å². The summed E-state index contributed by atoms with van der Waals surface area (Å²) in [5.74, 6) is 2.09. The van der Waals surface area contributed by atoms with E-state index in [1.165, 1.54) is 16.3 Å². The first-order valence-corrected chi connectivity index (χ1v) is 27.7. The van der Waals surface area contributed by atoms with Crippen molar-refractivity contribution in [3.8, 4) is 90.0 Å². The normalized spacial score (nSPS) is 12.9. The lowest BCUT2D eigenvalue weighted by Crippen LogP contribution is -2.32. The Morgan fingerprint density at radius 3 is 1.78 bits per heavy atom. The summed E-state index contributed by atoms with van der Waals surface area (Å²) in [5, 5.41) is 4.55. The van der Waals surface area contributed by atoms with Gasteiger partial charge < -0.3 is 9.30 Å². The quantitative estimate of drug-likeness (QED) is 0.118. The van der Waals surface area contributed by atoms with E-state index in [1.807, 2.05) is 57.8 Å². The second-order valence-electron chi connectivity index (χ2n) is 22.1. The van der Waals surface area contributed by atoms with Gasteiger partial charge in [0.2, 0.25) is 0 Å². The molecule has 6 nitrogen and oxygen atoms in total. The van der Waals surface area contributed by atoms with E-state index in [4.69, 9.17) is 13.8 Å². The summed E-state index contributed by atoms with van der Waals surface area (Å²) in [4.78, 5) is 4.91. The van der Waals surface area contributed by atoms with Gasteiger partial charge in [-0.1, -0.05) is 203 Å². The van der Waals surface area contributed by atoms with Gasteiger partial charge in [0.15, 0.2) is 0 Å². The third-order valence-electron chi connectivity index (χ3n) is 16.4. The van der Waals surface area contributed by atoms with Crippen molar-refractivity contribution in [1.29, 1.82) is 0 Å². The number of ether oxygens (including phenoxy) is 1. The molecule has 1 aliphatic rings. The van der Waals surface area contributed by atoms with Gasteiger partial charge in [-0.15, -0.1) is 0 Å². The lowest BCUT2D eigenvalue weighted by atomic mass is 9.86. The van der Waals surface area contributed by atoms with Crippen molar-refractivity contribution in [2.24, 2.45) is 0 Å². The number of pyridine rings is 1. The number of rotatable bonds is 7. The Morgan fingerprint density at radius 2 is 1.02 bits per heavy atom. The first-order chi connectivity index (χ1) is 42.4. The topological polar surface area (TPSA) is 40.8 Å². The number of aromatic nitrogens is 5. The number of fused-ring (bicyclic) bond motifs is 13. The van der Waals surface area contributed by atoms with Gasteiger partial charge in [0, 0.05) is 39.4 Å². The monoisotopic (exact) mass is 1060 g/mol. The van der Waals surface area contributed by atoms with Crippen molar-refractivity contribution < 1.29 is 16.2 Å². The summed E-state index contributed by atoms with van der Waals surface area (Å²) in [6.45, 7) is 6.64. The zero-order valence-electron chi connectivity index (χ0n) is 50.2. The Labute approximate surface area is 482 Å². The van der Waals surface area contributed by atoms with Crippen LogP contribution in [0.25, 0.3) is 133 Å². The molecule has 388 valence electrons. The predicted octanol–water partition coefficient (Wildman–Crippen LogP) is 19.0. The Hall–Kier alpha value is -10.6. The highest BCUT2D eigenvalue weighted by Crippen LogP contribution is 2.47. The van der Waals surface area contributed by atoms with E-state index in [2.05, 4.69) is 224 Å². The van der Waals surface area contributed by atoms with Crippen LogP contribution in [0.5, 0.6) is 11.5 Å². The van der Waals surface area contributed by atoms with Crippen LogP contribution >= 0.6 is 0 Å². The standard InChI is InChI=1S/C76H53N5O/c1-76(2,3)51-42-43-77-73(45-51)81-70-36-16-12-29-62(70)63-41-39-54(47-72(63)81)82-53-23-17-22-52(46-53)78-48-79-74-56(49-20-5-4-6-21-49)30-18-31-65(74)66-44-50(38-40-59(66)57-25-7-8-26-58(57)64-32-19-37-71(78)75(64)79)55-24-9-13-33-67(55)80-68-34-14-10-27-60(68)61-28-11-15-35-69(61)80/h4-47H,1-3H3/i4D,5D,6D,20D,21D. The second kappa shape index (κ2) is 18.5. The Morgan fingerprint density at radius 1 is 0.439 bits per heavy atom. The molecule has 0 bridgehead atoms. The summed E-state index contributed by atoms with van der Waals surface area (Å²) in [5.41, 5.74) is 17.5. The number of para-hydroxylation sites is 6. The fourth-order valence-electron chi connectivity index (χ4n) is 12.6. The minimum absolute atomic E-state index is 0.0748. The smallest absolute Gasteiger partial charge is 0.269 e. The number of nitrogens with zero attached hydrogens (tertiary/aromatic N) is 5.